The summed E-state index contributed by atoms with van der Waals surface area (Å²) < 4.78 is 2.34. The first-order valence-corrected chi connectivity index (χ1v) is 11.7. The Bertz CT molecular complexity index is 1290. The molecule has 0 aliphatic heterocycles. The number of rotatable bonds is 0. The molecule has 0 heterocycles. The molecule has 31 heavy (non-hydrogen) atoms. The molecule has 0 saturated carbocycles. The minimum atomic E-state index is 0.160. The van der Waals surface area contributed by atoms with Crippen molar-refractivity contribution >= 4 is 59.2 Å². The zero-order chi connectivity index (χ0) is 21.4. The molecule has 0 spiro atoms. The van der Waals surface area contributed by atoms with E-state index >= 15 is 0 Å². The van der Waals surface area contributed by atoms with E-state index in [0.29, 0.717) is 0 Å². The Balaban J connectivity index is 0.000000132. The van der Waals surface area contributed by atoms with E-state index in [4.69, 9.17) is 0 Å². The maximum Gasteiger partial charge on any atom is 0.193 e. The summed E-state index contributed by atoms with van der Waals surface area (Å²) in [4.78, 5) is 12.1. The summed E-state index contributed by atoms with van der Waals surface area (Å²) in [7, 11) is 0. The monoisotopic (exact) mass is 528 g/mol. The van der Waals surface area contributed by atoms with E-state index in [1.54, 1.807) is 0 Å². The molecule has 0 saturated heterocycles. The molecule has 5 aromatic carbocycles. The first-order valence-electron chi connectivity index (χ1n) is 10.1. The highest BCUT2D eigenvalue weighted by Gasteiger charge is 2.21. The average Bonchev–Trinajstić information content (AvgIpc) is 2.83. The van der Waals surface area contributed by atoms with Gasteiger partial charge in [0.25, 0.3) is 0 Å². The lowest BCUT2D eigenvalue weighted by molar-refractivity contribution is 0.103. The second-order valence-corrected chi connectivity index (χ2v) is 9.13. The number of ketones is 1. The van der Waals surface area contributed by atoms with Crippen LogP contribution < -0.4 is 0 Å². The van der Waals surface area contributed by atoms with Gasteiger partial charge in [0, 0.05) is 20.1 Å². The largest absolute Gasteiger partial charge is 0.289 e. The molecule has 0 fully saturated rings. The highest BCUT2D eigenvalue weighted by Crippen LogP contribution is 2.38. The van der Waals surface area contributed by atoms with E-state index in [-0.39, 0.29) is 5.78 Å². The van der Waals surface area contributed by atoms with E-state index in [2.05, 4.69) is 80.4 Å². The molecule has 0 amide bonds. The van der Waals surface area contributed by atoms with Crippen LogP contribution in [0.2, 0.25) is 0 Å². The van der Waals surface area contributed by atoms with Crippen LogP contribution in [0, 0.1) is 0 Å². The summed E-state index contributed by atoms with van der Waals surface area (Å²) in [6, 6.07) is 32.5. The minimum Gasteiger partial charge on any atom is -0.289 e. The molecule has 0 atom stereocenters. The maximum atomic E-state index is 12.1. The molecule has 3 heteroatoms. The lowest BCUT2D eigenvalue weighted by Crippen LogP contribution is -2.14. The van der Waals surface area contributed by atoms with E-state index < -0.39 is 0 Å². The molecule has 1 nitrogen and oxygen atoms in total. The van der Waals surface area contributed by atoms with Crippen LogP contribution in [0.25, 0.3) is 21.5 Å². The van der Waals surface area contributed by atoms with E-state index in [1.165, 1.54) is 30.5 Å². The van der Waals surface area contributed by atoms with Crippen LogP contribution >= 0.6 is 31.9 Å². The molecule has 0 N–H and O–H groups in total. The van der Waals surface area contributed by atoms with Crippen molar-refractivity contribution in [2.45, 2.75) is 6.42 Å². The van der Waals surface area contributed by atoms with Crippen molar-refractivity contribution in [1.29, 1.82) is 0 Å². The highest BCUT2D eigenvalue weighted by molar-refractivity contribution is 9.11. The molecule has 0 radical (unpaired) electrons. The van der Waals surface area contributed by atoms with Gasteiger partial charge in [-0.25, -0.2) is 0 Å². The quantitative estimate of drug-likeness (QED) is 0.181. The fourth-order valence-electron chi connectivity index (χ4n) is 4.16. The fourth-order valence-corrected chi connectivity index (χ4v) is 5.55. The summed E-state index contributed by atoms with van der Waals surface area (Å²) >= 11 is 7.39. The van der Waals surface area contributed by atoms with Gasteiger partial charge in [-0.05, 0) is 71.0 Å². The standard InChI is InChI=1S/C14H8Br2.C14H10O/c15-13-9-5-1-2-6-10(9)14(16)12-8-4-3-7-11(12)13;15-14-12-7-3-1-5-10(12)9-11-6-2-4-8-13(11)14/h1-8H;1-8H,9H2. The second kappa shape index (κ2) is 8.41. The van der Waals surface area contributed by atoms with Gasteiger partial charge in [0.2, 0.25) is 0 Å². The van der Waals surface area contributed by atoms with Gasteiger partial charge in [0.15, 0.2) is 5.78 Å². The van der Waals surface area contributed by atoms with Crippen molar-refractivity contribution in [3.63, 3.8) is 0 Å². The third-order valence-electron chi connectivity index (χ3n) is 5.70. The third-order valence-corrected chi connectivity index (χ3v) is 7.41. The lowest BCUT2D eigenvalue weighted by atomic mass is 9.85. The fraction of sp³-hybridized carbons (Fsp3) is 0.0357. The minimum absolute atomic E-state index is 0.160. The van der Waals surface area contributed by atoms with E-state index in [1.807, 2.05) is 48.5 Å². The number of carbonyl (C=O) groups is 1. The van der Waals surface area contributed by atoms with Crippen molar-refractivity contribution in [3.05, 3.63) is 128 Å². The Labute approximate surface area is 198 Å². The van der Waals surface area contributed by atoms with Crippen molar-refractivity contribution in [2.75, 3.05) is 0 Å². The molecule has 0 bridgehead atoms. The van der Waals surface area contributed by atoms with Crippen LogP contribution in [0.4, 0.5) is 0 Å². The van der Waals surface area contributed by atoms with Gasteiger partial charge in [-0.15, -0.1) is 0 Å². The Morgan fingerprint density at radius 3 is 1.19 bits per heavy atom. The predicted octanol–water partition coefficient (Wildman–Crippen LogP) is 8.34. The summed E-state index contributed by atoms with van der Waals surface area (Å²) in [5.74, 6) is 0.160. The van der Waals surface area contributed by atoms with Crippen LogP contribution in [0.1, 0.15) is 27.0 Å². The highest BCUT2D eigenvalue weighted by atomic mass is 79.9. The summed E-state index contributed by atoms with van der Waals surface area (Å²) in [6.07, 6.45) is 0.873. The molecule has 150 valence electrons. The SMILES string of the molecule is Brc1c2ccccc2c(Br)c2ccccc12.O=C1c2ccccc2Cc2ccccc21. The van der Waals surface area contributed by atoms with Gasteiger partial charge < -0.3 is 0 Å². The Morgan fingerprint density at radius 2 is 0.806 bits per heavy atom. The van der Waals surface area contributed by atoms with Crippen molar-refractivity contribution in [2.24, 2.45) is 0 Å². The van der Waals surface area contributed by atoms with E-state index in [0.717, 1.165) is 28.7 Å². The molecule has 0 aromatic heterocycles. The predicted molar refractivity (Wildman–Crippen MR) is 136 cm³/mol. The summed E-state index contributed by atoms with van der Waals surface area (Å²) in [6.45, 7) is 0. The normalized spacial score (nSPS) is 12.1. The number of carbonyl (C=O) groups excluding carboxylic acids is 1. The first-order chi connectivity index (χ1) is 15.1. The maximum absolute atomic E-state index is 12.1. The third kappa shape index (κ3) is 3.62. The van der Waals surface area contributed by atoms with Crippen LogP contribution in [-0.2, 0) is 6.42 Å². The molecular weight excluding hydrogens is 512 g/mol. The Hall–Kier alpha value is -2.75. The molecule has 1 aliphatic rings. The number of fused-ring (bicyclic) bond motifs is 4. The topological polar surface area (TPSA) is 17.1 Å². The molecule has 6 rings (SSSR count). The number of halogens is 2. The smallest absolute Gasteiger partial charge is 0.193 e. The number of hydrogen-bond acceptors (Lipinski definition) is 1. The van der Waals surface area contributed by atoms with E-state index in [9.17, 15) is 4.79 Å². The van der Waals surface area contributed by atoms with Gasteiger partial charge in [-0.1, -0.05) is 97.1 Å². The van der Waals surface area contributed by atoms with Crippen molar-refractivity contribution in [3.8, 4) is 0 Å². The van der Waals surface area contributed by atoms with Crippen LogP contribution in [0.15, 0.2) is 106 Å². The Morgan fingerprint density at radius 1 is 0.484 bits per heavy atom. The molecule has 0 unspecified atom stereocenters. The average molecular weight is 530 g/mol. The summed E-state index contributed by atoms with van der Waals surface area (Å²) in [5, 5.41) is 4.97. The molecular formula is C28H18Br2O. The van der Waals surface area contributed by atoms with Gasteiger partial charge >= 0.3 is 0 Å². The Kier molecular flexibility index (Phi) is 5.47. The summed E-state index contributed by atoms with van der Waals surface area (Å²) in [5.41, 5.74) is 4.00. The van der Waals surface area contributed by atoms with Gasteiger partial charge in [-0.2, -0.15) is 0 Å². The number of hydrogen-bond donors (Lipinski definition) is 0. The van der Waals surface area contributed by atoms with Crippen LogP contribution in [0.5, 0.6) is 0 Å². The first kappa shape index (κ1) is 20.2. The lowest BCUT2D eigenvalue weighted by Gasteiger charge is -2.17. The van der Waals surface area contributed by atoms with Crippen molar-refractivity contribution < 1.29 is 4.79 Å². The van der Waals surface area contributed by atoms with Crippen molar-refractivity contribution in [1.82, 2.24) is 0 Å². The molecule has 1 aliphatic carbocycles. The number of benzene rings is 5. The zero-order valence-corrected chi connectivity index (χ0v) is 19.8. The van der Waals surface area contributed by atoms with Crippen LogP contribution in [0.3, 0.4) is 0 Å². The van der Waals surface area contributed by atoms with Gasteiger partial charge in [0.1, 0.15) is 0 Å². The van der Waals surface area contributed by atoms with Gasteiger partial charge in [0.05, 0.1) is 0 Å². The van der Waals surface area contributed by atoms with Gasteiger partial charge in [-0.3, -0.25) is 4.79 Å². The molecule has 5 aromatic rings. The van der Waals surface area contributed by atoms with Crippen LogP contribution in [-0.4, -0.2) is 5.78 Å². The second-order valence-electron chi connectivity index (χ2n) is 7.54. The zero-order valence-electron chi connectivity index (χ0n) is 16.6.